The fourth-order valence-electron chi connectivity index (χ4n) is 1.45. The number of rotatable bonds is 2. The molecular formula is C9H14O3. The van der Waals surface area contributed by atoms with Crippen molar-refractivity contribution in [2.24, 2.45) is 5.92 Å². The minimum atomic E-state index is -0.175. The van der Waals surface area contributed by atoms with Crippen molar-refractivity contribution in [2.45, 2.75) is 18.9 Å². The molecule has 0 aliphatic heterocycles. The maximum absolute atomic E-state index is 11.2. The molecule has 0 aromatic heterocycles. The molecule has 0 saturated carbocycles. The van der Waals surface area contributed by atoms with Crippen LogP contribution in [-0.4, -0.2) is 26.3 Å². The number of allylic oxidation sites excluding steroid dienone is 1. The van der Waals surface area contributed by atoms with Gasteiger partial charge in [0.05, 0.1) is 19.1 Å². The summed E-state index contributed by atoms with van der Waals surface area (Å²) < 4.78 is 9.81. The first-order valence-electron chi connectivity index (χ1n) is 4.07. The highest BCUT2D eigenvalue weighted by molar-refractivity contribution is 5.73. The van der Waals surface area contributed by atoms with E-state index in [0.717, 1.165) is 12.8 Å². The fraction of sp³-hybridized carbons (Fsp3) is 0.667. The second-order valence-corrected chi connectivity index (χ2v) is 2.84. The second-order valence-electron chi connectivity index (χ2n) is 2.84. The predicted octanol–water partition coefficient (Wildman–Crippen LogP) is 1.14. The van der Waals surface area contributed by atoms with Crippen LogP contribution >= 0.6 is 0 Å². The molecule has 3 heteroatoms. The molecule has 0 aromatic rings. The predicted molar refractivity (Wildman–Crippen MR) is 44.7 cm³/mol. The van der Waals surface area contributed by atoms with E-state index < -0.39 is 0 Å². The molecule has 0 amide bonds. The van der Waals surface area contributed by atoms with Gasteiger partial charge in [-0.15, -0.1) is 0 Å². The number of ether oxygens (including phenoxy) is 2. The third-order valence-corrected chi connectivity index (χ3v) is 2.14. The smallest absolute Gasteiger partial charge is 0.311 e. The van der Waals surface area contributed by atoms with Crippen molar-refractivity contribution in [2.75, 3.05) is 14.2 Å². The van der Waals surface area contributed by atoms with E-state index in [4.69, 9.17) is 4.74 Å². The maximum Gasteiger partial charge on any atom is 0.311 e. The van der Waals surface area contributed by atoms with E-state index in [1.54, 1.807) is 7.11 Å². The van der Waals surface area contributed by atoms with E-state index in [1.165, 1.54) is 7.11 Å². The molecule has 0 spiro atoms. The highest BCUT2D eigenvalue weighted by Gasteiger charge is 2.28. The molecule has 3 nitrogen and oxygen atoms in total. The zero-order chi connectivity index (χ0) is 8.97. The summed E-state index contributed by atoms with van der Waals surface area (Å²) in [6.45, 7) is 0. The minimum absolute atomic E-state index is 0.105. The van der Waals surface area contributed by atoms with Gasteiger partial charge in [0, 0.05) is 7.11 Å². The second kappa shape index (κ2) is 4.26. The Morgan fingerprint density at radius 3 is 2.83 bits per heavy atom. The molecule has 0 saturated heterocycles. The van der Waals surface area contributed by atoms with Gasteiger partial charge < -0.3 is 9.47 Å². The van der Waals surface area contributed by atoms with Crippen LogP contribution in [0.15, 0.2) is 12.2 Å². The van der Waals surface area contributed by atoms with Gasteiger partial charge in [0.1, 0.15) is 0 Å². The van der Waals surface area contributed by atoms with Crippen LogP contribution in [0.1, 0.15) is 12.8 Å². The lowest BCUT2D eigenvalue weighted by molar-refractivity contribution is -0.149. The third-order valence-electron chi connectivity index (χ3n) is 2.14. The molecule has 0 unspecified atom stereocenters. The lowest BCUT2D eigenvalue weighted by Crippen LogP contribution is -2.31. The Kier molecular flexibility index (Phi) is 3.29. The minimum Gasteiger partial charge on any atom is -0.469 e. The number of methoxy groups -OCH3 is 2. The molecule has 0 bridgehead atoms. The van der Waals surface area contributed by atoms with Crippen LogP contribution in [0.2, 0.25) is 0 Å². The maximum atomic E-state index is 11.2. The van der Waals surface area contributed by atoms with Crippen molar-refractivity contribution >= 4 is 5.97 Å². The molecule has 0 heterocycles. The van der Waals surface area contributed by atoms with Gasteiger partial charge in [-0.1, -0.05) is 12.2 Å². The Morgan fingerprint density at radius 1 is 1.50 bits per heavy atom. The average molecular weight is 170 g/mol. The molecule has 68 valence electrons. The van der Waals surface area contributed by atoms with E-state index in [1.807, 2.05) is 12.2 Å². The first kappa shape index (κ1) is 9.26. The third kappa shape index (κ3) is 1.85. The Labute approximate surface area is 72.4 Å². The molecule has 0 radical (unpaired) electrons. The normalized spacial score (nSPS) is 28.5. The molecule has 1 aliphatic rings. The molecule has 0 fully saturated rings. The van der Waals surface area contributed by atoms with E-state index in [2.05, 4.69) is 4.74 Å². The number of carbonyl (C=O) groups excluding carboxylic acids is 1. The first-order chi connectivity index (χ1) is 5.79. The Morgan fingerprint density at radius 2 is 2.25 bits per heavy atom. The van der Waals surface area contributed by atoms with Crippen molar-refractivity contribution in [3.63, 3.8) is 0 Å². The number of carbonyl (C=O) groups is 1. The van der Waals surface area contributed by atoms with Gasteiger partial charge in [0.2, 0.25) is 0 Å². The van der Waals surface area contributed by atoms with Crippen molar-refractivity contribution in [1.82, 2.24) is 0 Å². The van der Waals surface area contributed by atoms with Crippen LogP contribution in [0.4, 0.5) is 0 Å². The van der Waals surface area contributed by atoms with Crippen molar-refractivity contribution < 1.29 is 14.3 Å². The summed E-state index contributed by atoms with van der Waals surface area (Å²) in [6, 6.07) is 0. The highest BCUT2D eigenvalue weighted by Crippen LogP contribution is 2.21. The van der Waals surface area contributed by atoms with E-state index in [-0.39, 0.29) is 18.0 Å². The van der Waals surface area contributed by atoms with Crippen LogP contribution < -0.4 is 0 Å². The lowest BCUT2D eigenvalue weighted by Gasteiger charge is -2.23. The SMILES string of the molecule is COC(=O)[C@@H]1CCC=C[C@H]1OC. The summed E-state index contributed by atoms with van der Waals surface area (Å²) in [5.74, 6) is -0.295. The van der Waals surface area contributed by atoms with Gasteiger partial charge in [0.15, 0.2) is 0 Å². The largest absolute Gasteiger partial charge is 0.469 e. The van der Waals surface area contributed by atoms with E-state index in [0.29, 0.717) is 0 Å². The fourth-order valence-corrected chi connectivity index (χ4v) is 1.45. The summed E-state index contributed by atoms with van der Waals surface area (Å²) in [6.07, 6.45) is 5.60. The van der Waals surface area contributed by atoms with E-state index >= 15 is 0 Å². The quantitative estimate of drug-likeness (QED) is 0.460. The Balaban J connectivity index is 2.62. The highest BCUT2D eigenvalue weighted by atomic mass is 16.5. The standard InChI is InChI=1S/C9H14O3/c1-11-8-6-4-3-5-7(8)9(10)12-2/h4,6-8H,3,5H2,1-2H3/t7-,8-/m1/s1. The molecule has 0 N–H and O–H groups in total. The average Bonchev–Trinajstić information content (AvgIpc) is 2.16. The number of esters is 1. The van der Waals surface area contributed by atoms with Crippen molar-refractivity contribution in [3.05, 3.63) is 12.2 Å². The van der Waals surface area contributed by atoms with Gasteiger partial charge in [-0.2, -0.15) is 0 Å². The zero-order valence-electron chi connectivity index (χ0n) is 7.45. The topological polar surface area (TPSA) is 35.5 Å². The van der Waals surface area contributed by atoms with Gasteiger partial charge in [-0.25, -0.2) is 0 Å². The van der Waals surface area contributed by atoms with Crippen LogP contribution in [0.5, 0.6) is 0 Å². The molecule has 1 aliphatic carbocycles. The summed E-state index contributed by atoms with van der Waals surface area (Å²) in [4.78, 5) is 11.2. The van der Waals surface area contributed by atoms with Crippen molar-refractivity contribution in [3.8, 4) is 0 Å². The molecule has 12 heavy (non-hydrogen) atoms. The molecule has 1 rings (SSSR count). The van der Waals surface area contributed by atoms with Gasteiger partial charge in [-0.3, -0.25) is 4.79 Å². The van der Waals surface area contributed by atoms with Crippen LogP contribution in [-0.2, 0) is 14.3 Å². The van der Waals surface area contributed by atoms with Crippen LogP contribution in [0, 0.1) is 5.92 Å². The summed E-state index contributed by atoms with van der Waals surface area (Å²) in [7, 11) is 3.02. The molecule has 2 atom stereocenters. The number of hydrogen-bond donors (Lipinski definition) is 0. The number of hydrogen-bond acceptors (Lipinski definition) is 3. The van der Waals surface area contributed by atoms with Gasteiger partial charge in [0.25, 0.3) is 0 Å². The van der Waals surface area contributed by atoms with Gasteiger partial charge >= 0.3 is 5.97 Å². The lowest BCUT2D eigenvalue weighted by atomic mass is 9.92. The Hall–Kier alpha value is -0.830. The monoisotopic (exact) mass is 170 g/mol. The summed E-state index contributed by atoms with van der Waals surface area (Å²) in [5.41, 5.74) is 0. The van der Waals surface area contributed by atoms with Gasteiger partial charge in [-0.05, 0) is 12.8 Å². The first-order valence-corrected chi connectivity index (χ1v) is 4.07. The molecular weight excluding hydrogens is 156 g/mol. The summed E-state index contributed by atoms with van der Waals surface area (Å²) in [5, 5.41) is 0. The van der Waals surface area contributed by atoms with Crippen LogP contribution in [0.25, 0.3) is 0 Å². The van der Waals surface area contributed by atoms with Crippen molar-refractivity contribution in [1.29, 1.82) is 0 Å². The Bertz CT molecular complexity index is 186. The molecule has 0 aromatic carbocycles. The van der Waals surface area contributed by atoms with Crippen LogP contribution in [0.3, 0.4) is 0 Å². The summed E-state index contributed by atoms with van der Waals surface area (Å²) >= 11 is 0. The van der Waals surface area contributed by atoms with E-state index in [9.17, 15) is 4.79 Å². The zero-order valence-corrected chi connectivity index (χ0v) is 7.45.